The Morgan fingerprint density at radius 3 is 3.05 bits per heavy atom. The van der Waals surface area contributed by atoms with Crippen molar-refractivity contribution < 1.29 is 9.53 Å². The minimum atomic E-state index is 0.151. The molecule has 5 heteroatoms. The third-order valence-electron chi connectivity index (χ3n) is 4.43. The maximum atomic E-state index is 12.4. The molecule has 2 aliphatic rings. The van der Waals surface area contributed by atoms with E-state index in [1.807, 2.05) is 24.2 Å². The van der Waals surface area contributed by atoms with Gasteiger partial charge in [0.1, 0.15) is 5.82 Å². The largest absolute Gasteiger partial charge is 0.378 e. The number of hydrogen-bond donors (Lipinski definition) is 0. The molecule has 2 atom stereocenters. The normalized spacial score (nSPS) is 26.9. The molecule has 3 heterocycles. The first kappa shape index (κ1) is 13.6. The van der Waals surface area contributed by atoms with Gasteiger partial charge in [-0.3, -0.25) is 4.79 Å². The Hall–Kier alpha value is -1.36. The number of aryl methyl sites for hydroxylation is 1. The van der Waals surface area contributed by atoms with Crippen LogP contribution in [-0.4, -0.2) is 46.2 Å². The first-order chi connectivity index (χ1) is 9.74. The summed E-state index contributed by atoms with van der Waals surface area (Å²) in [7, 11) is 0. The highest BCUT2D eigenvalue weighted by molar-refractivity contribution is 5.76. The Labute approximate surface area is 119 Å². The molecule has 2 fully saturated rings. The van der Waals surface area contributed by atoms with E-state index >= 15 is 0 Å². The fraction of sp³-hybridized carbons (Fsp3) is 0.733. The number of rotatable bonds is 3. The predicted molar refractivity (Wildman–Crippen MR) is 75.4 cm³/mol. The fourth-order valence-electron chi connectivity index (χ4n) is 3.31. The monoisotopic (exact) mass is 277 g/mol. The average molecular weight is 277 g/mol. The molecule has 2 saturated heterocycles. The molecule has 0 radical (unpaired) electrons. The van der Waals surface area contributed by atoms with Crippen molar-refractivity contribution in [1.82, 2.24) is 14.5 Å². The summed E-state index contributed by atoms with van der Waals surface area (Å²) in [5.41, 5.74) is 0. The summed E-state index contributed by atoms with van der Waals surface area (Å²) in [6.45, 7) is 4.53. The molecule has 0 unspecified atom stereocenters. The van der Waals surface area contributed by atoms with E-state index in [0.29, 0.717) is 12.5 Å². The number of carbonyl (C=O) groups is 1. The number of likely N-dealkylation sites (tertiary alicyclic amines) is 1. The average Bonchev–Trinajstić information content (AvgIpc) is 3.10. The third-order valence-corrected chi connectivity index (χ3v) is 4.43. The number of piperidine rings is 1. The summed E-state index contributed by atoms with van der Waals surface area (Å²) in [4.78, 5) is 18.7. The van der Waals surface area contributed by atoms with Gasteiger partial charge >= 0.3 is 0 Å². The molecular weight excluding hydrogens is 254 g/mol. The molecule has 0 N–H and O–H groups in total. The standard InChI is InChI=1S/C15H23N3O2/c1-12-16-6-8-18(12)13-4-2-7-17(11-13)15(19)10-14-5-3-9-20-14/h6,8,13-14H,2-5,7,9-11H2,1H3/t13-,14+/m1/s1. The van der Waals surface area contributed by atoms with E-state index in [9.17, 15) is 4.79 Å². The molecule has 0 bridgehead atoms. The molecule has 2 aliphatic heterocycles. The van der Waals surface area contributed by atoms with Crippen molar-refractivity contribution in [2.75, 3.05) is 19.7 Å². The van der Waals surface area contributed by atoms with Gasteiger partial charge in [-0.1, -0.05) is 0 Å². The van der Waals surface area contributed by atoms with Crippen LogP contribution in [-0.2, 0) is 9.53 Å². The lowest BCUT2D eigenvalue weighted by molar-refractivity contribution is -0.135. The smallest absolute Gasteiger partial charge is 0.225 e. The highest BCUT2D eigenvalue weighted by atomic mass is 16.5. The van der Waals surface area contributed by atoms with Crippen LogP contribution in [0.4, 0.5) is 0 Å². The predicted octanol–water partition coefficient (Wildman–Crippen LogP) is 1.92. The van der Waals surface area contributed by atoms with Crippen LogP contribution < -0.4 is 0 Å². The summed E-state index contributed by atoms with van der Waals surface area (Å²) >= 11 is 0. The number of hydrogen-bond acceptors (Lipinski definition) is 3. The van der Waals surface area contributed by atoms with Gasteiger partial charge in [-0.25, -0.2) is 4.98 Å². The third kappa shape index (κ3) is 2.87. The number of ether oxygens (including phenoxy) is 1. The second-order valence-corrected chi connectivity index (χ2v) is 5.86. The lowest BCUT2D eigenvalue weighted by atomic mass is 10.0. The Kier molecular flexibility index (Phi) is 4.05. The van der Waals surface area contributed by atoms with Crippen LogP contribution in [0.3, 0.4) is 0 Å². The summed E-state index contributed by atoms with van der Waals surface area (Å²) in [5.74, 6) is 1.28. The SMILES string of the molecule is Cc1nccn1[C@@H]1CCCN(C(=O)C[C@@H]2CCCO2)C1. The topological polar surface area (TPSA) is 47.4 Å². The van der Waals surface area contributed by atoms with Gasteiger partial charge < -0.3 is 14.2 Å². The Bertz CT molecular complexity index is 465. The maximum absolute atomic E-state index is 12.4. The number of carbonyl (C=O) groups excluding carboxylic acids is 1. The molecule has 0 saturated carbocycles. The molecule has 0 aromatic carbocycles. The second kappa shape index (κ2) is 5.95. The molecule has 1 amide bonds. The van der Waals surface area contributed by atoms with Crippen molar-refractivity contribution in [1.29, 1.82) is 0 Å². The van der Waals surface area contributed by atoms with Gasteiger partial charge in [0.05, 0.1) is 18.6 Å². The van der Waals surface area contributed by atoms with E-state index in [2.05, 4.69) is 9.55 Å². The molecule has 3 rings (SSSR count). The summed E-state index contributed by atoms with van der Waals surface area (Å²) in [6.07, 6.45) is 8.88. The highest BCUT2D eigenvalue weighted by Crippen LogP contribution is 2.24. The fourth-order valence-corrected chi connectivity index (χ4v) is 3.31. The molecule has 0 spiro atoms. The minimum absolute atomic E-state index is 0.151. The van der Waals surface area contributed by atoms with E-state index < -0.39 is 0 Å². The van der Waals surface area contributed by atoms with Crippen molar-refractivity contribution in [3.05, 3.63) is 18.2 Å². The number of imidazole rings is 1. The van der Waals surface area contributed by atoms with Crippen molar-refractivity contribution >= 4 is 5.91 Å². The molecule has 1 aromatic rings. The van der Waals surface area contributed by atoms with Crippen LogP contribution in [0.5, 0.6) is 0 Å². The molecular formula is C15H23N3O2. The lowest BCUT2D eigenvalue weighted by Gasteiger charge is -2.34. The molecule has 0 aliphatic carbocycles. The van der Waals surface area contributed by atoms with E-state index in [1.165, 1.54) is 0 Å². The summed E-state index contributed by atoms with van der Waals surface area (Å²) < 4.78 is 7.77. The van der Waals surface area contributed by atoms with Gasteiger partial charge in [0, 0.05) is 32.1 Å². The summed E-state index contributed by atoms with van der Waals surface area (Å²) in [6, 6.07) is 0.375. The van der Waals surface area contributed by atoms with Crippen LogP contribution in [0.1, 0.15) is 44.0 Å². The van der Waals surface area contributed by atoms with Crippen molar-refractivity contribution in [3.63, 3.8) is 0 Å². The van der Waals surface area contributed by atoms with Gasteiger partial charge in [-0.15, -0.1) is 0 Å². The van der Waals surface area contributed by atoms with Crippen LogP contribution in [0.2, 0.25) is 0 Å². The van der Waals surface area contributed by atoms with Crippen molar-refractivity contribution in [2.24, 2.45) is 0 Å². The molecule has 110 valence electrons. The zero-order valence-electron chi connectivity index (χ0n) is 12.1. The van der Waals surface area contributed by atoms with Crippen LogP contribution in [0, 0.1) is 6.92 Å². The number of aromatic nitrogens is 2. The zero-order valence-corrected chi connectivity index (χ0v) is 12.1. The van der Waals surface area contributed by atoms with Crippen LogP contribution in [0.25, 0.3) is 0 Å². The first-order valence-corrected chi connectivity index (χ1v) is 7.63. The van der Waals surface area contributed by atoms with Crippen molar-refractivity contribution in [3.8, 4) is 0 Å². The van der Waals surface area contributed by atoms with E-state index in [0.717, 1.165) is 51.2 Å². The van der Waals surface area contributed by atoms with E-state index in [-0.39, 0.29) is 12.0 Å². The van der Waals surface area contributed by atoms with Gasteiger partial charge in [0.15, 0.2) is 0 Å². The minimum Gasteiger partial charge on any atom is -0.378 e. The number of amides is 1. The van der Waals surface area contributed by atoms with E-state index in [1.54, 1.807) is 0 Å². The second-order valence-electron chi connectivity index (χ2n) is 5.86. The van der Waals surface area contributed by atoms with Gasteiger partial charge in [0.25, 0.3) is 0 Å². The summed E-state index contributed by atoms with van der Waals surface area (Å²) in [5, 5.41) is 0. The molecule has 1 aromatic heterocycles. The number of nitrogens with zero attached hydrogens (tertiary/aromatic N) is 3. The highest BCUT2D eigenvalue weighted by Gasteiger charge is 2.28. The maximum Gasteiger partial charge on any atom is 0.225 e. The van der Waals surface area contributed by atoms with Gasteiger partial charge in [0.2, 0.25) is 5.91 Å². The van der Waals surface area contributed by atoms with Crippen LogP contribution in [0.15, 0.2) is 12.4 Å². The lowest BCUT2D eigenvalue weighted by Crippen LogP contribution is -2.41. The van der Waals surface area contributed by atoms with E-state index in [4.69, 9.17) is 4.74 Å². The quantitative estimate of drug-likeness (QED) is 0.848. The Balaban J connectivity index is 1.60. The van der Waals surface area contributed by atoms with Crippen molar-refractivity contribution in [2.45, 2.75) is 51.2 Å². The zero-order chi connectivity index (χ0) is 13.9. The first-order valence-electron chi connectivity index (χ1n) is 7.63. The molecule has 5 nitrogen and oxygen atoms in total. The Morgan fingerprint density at radius 1 is 1.45 bits per heavy atom. The molecule has 20 heavy (non-hydrogen) atoms. The van der Waals surface area contributed by atoms with Gasteiger partial charge in [-0.05, 0) is 32.6 Å². The van der Waals surface area contributed by atoms with Crippen LogP contribution >= 0.6 is 0 Å². The van der Waals surface area contributed by atoms with Gasteiger partial charge in [-0.2, -0.15) is 0 Å². The Morgan fingerprint density at radius 2 is 2.35 bits per heavy atom.